The maximum atomic E-state index is 12.7. The van der Waals surface area contributed by atoms with Gasteiger partial charge in [0.15, 0.2) is 0 Å². The number of anilines is 2. The van der Waals surface area contributed by atoms with Crippen LogP contribution in [0.15, 0.2) is 54.7 Å². The van der Waals surface area contributed by atoms with E-state index in [9.17, 15) is 14.4 Å². The summed E-state index contributed by atoms with van der Waals surface area (Å²) in [6.07, 6.45) is 5.25. The Morgan fingerprint density at radius 3 is 2.55 bits per heavy atom. The summed E-state index contributed by atoms with van der Waals surface area (Å²) >= 11 is 0. The Labute approximate surface area is 169 Å². The number of fused-ring (bicyclic) bond motifs is 1. The van der Waals surface area contributed by atoms with Crippen LogP contribution in [0, 0.1) is 0 Å². The van der Waals surface area contributed by atoms with Crippen molar-refractivity contribution in [3.8, 4) is 0 Å². The third kappa shape index (κ3) is 3.92. The average molecular weight is 389 g/mol. The zero-order valence-corrected chi connectivity index (χ0v) is 16.3. The van der Waals surface area contributed by atoms with Gasteiger partial charge in [0.2, 0.25) is 17.7 Å². The van der Waals surface area contributed by atoms with E-state index in [-0.39, 0.29) is 30.2 Å². The third-order valence-corrected chi connectivity index (χ3v) is 5.38. The number of carbonyl (C=O) groups is 3. The van der Waals surface area contributed by atoms with Crippen LogP contribution in [0.4, 0.5) is 11.4 Å². The molecule has 1 fully saturated rings. The van der Waals surface area contributed by atoms with E-state index in [0.29, 0.717) is 12.1 Å². The Bertz CT molecular complexity index is 981. The van der Waals surface area contributed by atoms with Gasteiger partial charge in [0.05, 0.1) is 12.5 Å². The quantitative estimate of drug-likeness (QED) is 0.867. The molecule has 4 rings (SSSR count). The first-order chi connectivity index (χ1) is 14.0. The van der Waals surface area contributed by atoms with Gasteiger partial charge in [0, 0.05) is 37.5 Å². The third-order valence-electron chi connectivity index (χ3n) is 5.38. The van der Waals surface area contributed by atoms with Crippen LogP contribution in [0.2, 0.25) is 0 Å². The summed E-state index contributed by atoms with van der Waals surface area (Å²) in [6.45, 7) is 2.24. The summed E-state index contributed by atoms with van der Waals surface area (Å²) < 4.78 is 0. The summed E-state index contributed by atoms with van der Waals surface area (Å²) in [7, 11) is 0. The van der Waals surface area contributed by atoms with Crippen molar-refractivity contribution in [2.24, 2.45) is 0 Å². The number of hydrogen-bond donors (Lipinski definition) is 1. The lowest BCUT2D eigenvalue weighted by atomic mass is 9.93. The second-order valence-electron chi connectivity index (χ2n) is 7.33. The molecule has 29 heavy (non-hydrogen) atoms. The van der Waals surface area contributed by atoms with E-state index < -0.39 is 0 Å². The zero-order chi connectivity index (χ0) is 20.4. The fraction of sp³-hybridized carbons (Fsp3) is 0.261. The number of carbonyl (C=O) groups excluding carboxylic acids is 3. The molecule has 2 aromatic carbocycles. The van der Waals surface area contributed by atoms with Crippen molar-refractivity contribution in [3.05, 3.63) is 65.9 Å². The van der Waals surface area contributed by atoms with Crippen LogP contribution in [0.1, 0.15) is 43.4 Å². The second kappa shape index (κ2) is 7.91. The molecule has 2 aliphatic rings. The lowest BCUT2D eigenvalue weighted by Gasteiger charge is -2.32. The van der Waals surface area contributed by atoms with E-state index in [1.54, 1.807) is 28.1 Å². The predicted octanol–water partition coefficient (Wildman–Crippen LogP) is 3.72. The fourth-order valence-corrected chi connectivity index (χ4v) is 3.95. The van der Waals surface area contributed by atoms with Gasteiger partial charge in [-0.15, -0.1) is 0 Å². The molecule has 2 heterocycles. The summed E-state index contributed by atoms with van der Waals surface area (Å²) in [5.74, 6) is -0.139. The largest absolute Gasteiger partial charge is 0.326 e. The minimum atomic E-state index is -0.338. The summed E-state index contributed by atoms with van der Waals surface area (Å²) in [5.41, 5.74) is 3.49. The van der Waals surface area contributed by atoms with Crippen molar-refractivity contribution in [2.45, 2.75) is 32.2 Å². The van der Waals surface area contributed by atoms with Gasteiger partial charge in [0.1, 0.15) is 0 Å². The van der Waals surface area contributed by atoms with Crippen molar-refractivity contribution >= 4 is 35.2 Å². The van der Waals surface area contributed by atoms with Gasteiger partial charge in [0.25, 0.3) is 0 Å². The van der Waals surface area contributed by atoms with E-state index >= 15 is 0 Å². The molecular weight excluding hydrogens is 366 g/mol. The number of benzene rings is 2. The van der Waals surface area contributed by atoms with Gasteiger partial charge in [-0.2, -0.15) is 0 Å². The highest BCUT2D eigenvalue weighted by molar-refractivity contribution is 5.96. The maximum Gasteiger partial charge on any atom is 0.227 e. The standard InChI is InChI=1S/C23H23N3O3/c1-16(27)25-14-12-17-5-2-3-6-20(17)21(25)15-22(28)24-18-8-10-19(11-9-18)26-13-4-7-23(26)29/h2-3,5-6,8-12,14,21H,4,7,13,15H2,1H3,(H,24,28)/t21-/m1/s1. The van der Waals surface area contributed by atoms with E-state index in [2.05, 4.69) is 5.32 Å². The van der Waals surface area contributed by atoms with Crippen LogP contribution in [-0.4, -0.2) is 29.2 Å². The molecule has 0 saturated carbocycles. The molecule has 6 heteroatoms. The molecule has 0 aliphatic carbocycles. The van der Waals surface area contributed by atoms with Gasteiger partial charge in [-0.25, -0.2) is 0 Å². The zero-order valence-electron chi connectivity index (χ0n) is 16.3. The van der Waals surface area contributed by atoms with Gasteiger partial charge in [-0.05, 0) is 47.9 Å². The van der Waals surface area contributed by atoms with Crippen molar-refractivity contribution in [3.63, 3.8) is 0 Å². The van der Waals surface area contributed by atoms with E-state index in [1.807, 2.05) is 42.5 Å². The highest BCUT2D eigenvalue weighted by Gasteiger charge is 2.28. The fourth-order valence-electron chi connectivity index (χ4n) is 3.95. The Morgan fingerprint density at radius 1 is 1.10 bits per heavy atom. The maximum absolute atomic E-state index is 12.7. The van der Waals surface area contributed by atoms with E-state index in [0.717, 1.165) is 29.8 Å². The molecule has 0 unspecified atom stereocenters. The first-order valence-corrected chi connectivity index (χ1v) is 9.79. The molecule has 0 bridgehead atoms. The van der Waals surface area contributed by atoms with Crippen molar-refractivity contribution in [1.29, 1.82) is 0 Å². The molecule has 1 N–H and O–H groups in total. The van der Waals surface area contributed by atoms with E-state index in [4.69, 9.17) is 0 Å². The monoisotopic (exact) mass is 389 g/mol. The number of hydrogen-bond acceptors (Lipinski definition) is 3. The Balaban J connectivity index is 1.46. The van der Waals surface area contributed by atoms with Gasteiger partial charge in [-0.1, -0.05) is 24.3 Å². The number of amides is 3. The second-order valence-corrected chi connectivity index (χ2v) is 7.33. The Morgan fingerprint density at radius 2 is 1.86 bits per heavy atom. The minimum Gasteiger partial charge on any atom is -0.326 e. The highest BCUT2D eigenvalue weighted by atomic mass is 16.2. The molecule has 2 aliphatic heterocycles. The number of nitrogens with one attached hydrogen (secondary N) is 1. The molecule has 6 nitrogen and oxygen atoms in total. The average Bonchev–Trinajstić information content (AvgIpc) is 3.14. The number of rotatable bonds is 4. The lowest BCUT2D eigenvalue weighted by molar-refractivity contribution is -0.129. The molecule has 1 atom stereocenters. The summed E-state index contributed by atoms with van der Waals surface area (Å²) in [4.78, 5) is 40.0. The summed E-state index contributed by atoms with van der Waals surface area (Å²) in [6, 6.07) is 14.7. The highest BCUT2D eigenvalue weighted by Crippen LogP contribution is 2.33. The van der Waals surface area contributed by atoms with Crippen LogP contribution < -0.4 is 10.2 Å². The van der Waals surface area contributed by atoms with Crippen molar-refractivity contribution < 1.29 is 14.4 Å². The van der Waals surface area contributed by atoms with Crippen LogP contribution in [0.3, 0.4) is 0 Å². The van der Waals surface area contributed by atoms with Gasteiger partial charge >= 0.3 is 0 Å². The molecule has 148 valence electrons. The van der Waals surface area contributed by atoms with Crippen LogP contribution >= 0.6 is 0 Å². The number of nitrogens with zero attached hydrogens (tertiary/aromatic N) is 2. The van der Waals surface area contributed by atoms with Gasteiger partial charge in [-0.3, -0.25) is 14.4 Å². The normalized spacial score (nSPS) is 18.0. The molecule has 0 aromatic heterocycles. The molecule has 2 aromatic rings. The molecule has 0 spiro atoms. The van der Waals surface area contributed by atoms with Crippen molar-refractivity contribution in [1.82, 2.24) is 4.90 Å². The first-order valence-electron chi connectivity index (χ1n) is 9.79. The summed E-state index contributed by atoms with van der Waals surface area (Å²) in [5, 5.41) is 2.90. The lowest BCUT2D eigenvalue weighted by Crippen LogP contribution is -2.33. The Kier molecular flexibility index (Phi) is 5.16. The first kappa shape index (κ1) is 18.9. The Hall–Kier alpha value is -3.41. The van der Waals surface area contributed by atoms with Crippen LogP contribution in [0.25, 0.3) is 6.08 Å². The topological polar surface area (TPSA) is 69.7 Å². The van der Waals surface area contributed by atoms with E-state index in [1.165, 1.54) is 6.92 Å². The molecule has 0 radical (unpaired) electrons. The van der Waals surface area contributed by atoms with Crippen LogP contribution in [0.5, 0.6) is 0 Å². The van der Waals surface area contributed by atoms with Crippen molar-refractivity contribution in [2.75, 3.05) is 16.8 Å². The SMILES string of the molecule is CC(=O)N1C=Cc2ccccc2[C@H]1CC(=O)Nc1ccc(N2CCCC2=O)cc1. The molecule has 3 amide bonds. The molecular formula is C23H23N3O3. The van der Waals surface area contributed by atoms with Gasteiger partial charge < -0.3 is 15.1 Å². The predicted molar refractivity (Wildman–Crippen MR) is 112 cm³/mol. The van der Waals surface area contributed by atoms with Crippen LogP contribution in [-0.2, 0) is 14.4 Å². The minimum absolute atomic E-state index is 0.104. The molecule has 1 saturated heterocycles. The smallest absolute Gasteiger partial charge is 0.227 e.